The zero-order chi connectivity index (χ0) is 17.4. The normalized spacial score (nSPS) is 16.4. The van der Waals surface area contributed by atoms with E-state index in [2.05, 4.69) is 15.3 Å². The van der Waals surface area contributed by atoms with E-state index in [1.165, 1.54) is 12.3 Å². The van der Waals surface area contributed by atoms with E-state index in [0.29, 0.717) is 10.9 Å². The number of fused-ring (bicyclic) bond motifs is 2. The minimum absolute atomic E-state index is 0.0928. The number of hydrogen-bond acceptors (Lipinski definition) is 3. The number of aromatic nitrogens is 2. The molecule has 1 amide bonds. The second kappa shape index (κ2) is 6.05. The molecule has 3 aromatic rings. The van der Waals surface area contributed by atoms with Gasteiger partial charge in [-0.15, -0.1) is 0 Å². The maximum absolute atomic E-state index is 12.7. The Labute approximate surface area is 142 Å². The Balaban J connectivity index is 1.67. The van der Waals surface area contributed by atoms with Gasteiger partial charge in [-0.3, -0.25) is 14.4 Å². The van der Waals surface area contributed by atoms with E-state index < -0.39 is 5.91 Å². The average molecular weight is 335 g/mol. The van der Waals surface area contributed by atoms with Crippen LogP contribution in [0, 0.1) is 0 Å². The van der Waals surface area contributed by atoms with Gasteiger partial charge in [-0.1, -0.05) is 12.1 Å². The van der Waals surface area contributed by atoms with E-state index >= 15 is 0 Å². The van der Waals surface area contributed by atoms with Crippen LogP contribution in [0.2, 0.25) is 0 Å². The number of carbonyl (C=O) groups is 1. The number of para-hydroxylation sites is 1. The van der Waals surface area contributed by atoms with Crippen molar-refractivity contribution in [1.82, 2.24) is 15.3 Å². The number of aromatic amines is 2. The van der Waals surface area contributed by atoms with Gasteiger partial charge < -0.3 is 15.3 Å². The van der Waals surface area contributed by atoms with Gasteiger partial charge in [0.05, 0.1) is 6.04 Å². The predicted octanol–water partition coefficient (Wildman–Crippen LogP) is 2.02. The van der Waals surface area contributed by atoms with Crippen LogP contribution in [0.3, 0.4) is 0 Å². The van der Waals surface area contributed by atoms with E-state index in [9.17, 15) is 14.4 Å². The van der Waals surface area contributed by atoms with Gasteiger partial charge in [-0.25, -0.2) is 0 Å². The summed E-state index contributed by atoms with van der Waals surface area (Å²) >= 11 is 0. The zero-order valence-corrected chi connectivity index (χ0v) is 13.5. The molecule has 4 rings (SSSR count). The van der Waals surface area contributed by atoms with Crippen LogP contribution in [0.4, 0.5) is 0 Å². The third-order valence-electron chi connectivity index (χ3n) is 4.67. The summed E-state index contributed by atoms with van der Waals surface area (Å²) in [6.07, 6.45) is 3.88. The fourth-order valence-corrected chi connectivity index (χ4v) is 3.42. The first kappa shape index (κ1) is 15.4. The summed E-state index contributed by atoms with van der Waals surface area (Å²) in [6, 6.07) is 10.1. The molecule has 3 N–H and O–H groups in total. The van der Waals surface area contributed by atoms with E-state index in [1.54, 1.807) is 24.3 Å². The summed E-state index contributed by atoms with van der Waals surface area (Å²) in [5.74, 6) is -0.406. The lowest BCUT2D eigenvalue weighted by atomic mass is 9.91. The summed E-state index contributed by atoms with van der Waals surface area (Å²) < 4.78 is 0. The maximum Gasteiger partial charge on any atom is 0.257 e. The van der Waals surface area contributed by atoms with Crippen LogP contribution in [0.5, 0.6) is 0 Å². The highest BCUT2D eigenvalue weighted by atomic mass is 16.2. The van der Waals surface area contributed by atoms with E-state index in [1.807, 2.05) is 6.07 Å². The summed E-state index contributed by atoms with van der Waals surface area (Å²) in [5.41, 5.74) is 2.13. The summed E-state index contributed by atoms with van der Waals surface area (Å²) in [5, 5.41) is 3.42. The molecule has 0 saturated carbocycles. The Morgan fingerprint density at radius 3 is 2.84 bits per heavy atom. The number of H-pyrrole nitrogens is 2. The van der Waals surface area contributed by atoms with Gasteiger partial charge in [0.1, 0.15) is 5.56 Å². The van der Waals surface area contributed by atoms with Gasteiger partial charge in [0.25, 0.3) is 5.91 Å². The summed E-state index contributed by atoms with van der Waals surface area (Å²) in [7, 11) is 0. The monoisotopic (exact) mass is 335 g/mol. The molecule has 6 nitrogen and oxygen atoms in total. The van der Waals surface area contributed by atoms with Crippen molar-refractivity contribution >= 4 is 16.8 Å². The lowest BCUT2D eigenvalue weighted by Gasteiger charge is -2.25. The van der Waals surface area contributed by atoms with Crippen LogP contribution in [0.25, 0.3) is 10.9 Å². The quantitative estimate of drug-likeness (QED) is 0.669. The molecule has 0 bridgehead atoms. The number of rotatable bonds is 2. The average Bonchev–Trinajstić information content (AvgIpc) is 2.62. The first-order valence-electron chi connectivity index (χ1n) is 8.27. The standard InChI is InChI=1S/C19H17N3O3/c23-17-9-8-11-15(21-17)6-3-7-16(11)22-19(25)13-10-20-14-5-2-1-4-12(14)18(13)24/h1-2,4-5,8-10,16H,3,6-7H2,(H,20,24)(H,21,23)(H,22,25)/t16-/m0/s1. The molecular formula is C19H17N3O3. The Morgan fingerprint density at radius 2 is 1.96 bits per heavy atom. The van der Waals surface area contributed by atoms with Crippen LogP contribution in [0.15, 0.2) is 52.2 Å². The first-order valence-corrected chi connectivity index (χ1v) is 8.27. The maximum atomic E-state index is 12.7. The van der Waals surface area contributed by atoms with Crippen LogP contribution in [-0.2, 0) is 6.42 Å². The number of nitrogens with one attached hydrogen (secondary N) is 3. The highest BCUT2D eigenvalue weighted by molar-refractivity contribution is 5.97. The Hall–Kier alpha value is -3.15. The van der Waals surface area contributed by atoms with Crippen molar-refractivity contribution in [3.05, 3.63) is 80.0 Å². The third kappa shape index (κ3) is 2.76. The lowest BCUT2D eigenvalue weighted by Crippen LogP contribution is -2.34. The van der Waals surface area contributed by atoms with Crippen molar-refractivity contribution < 1.29 is 4.79 Å². The molecule has 0 aliphatic heterocycles. The molecule has 126 valence electrons. The minimum Gasteiger partial charge on any atom is -0.360 e. The molecule has 2 aromatic heterocycles. The topological polar surface area (TPSA) is 94.8 Å². The molecule has 1 aromatic carbocycles. The lowest BCUT2D eigenvalue weighted by molar-refractivity contribution is 0.0931. The van der Waals surface area contributed by atoms with Crippen molar-refractivity contribution in [3.8, 4) is 0 Å². The highest BCUT2D eigenvalue weighted by Crippen LogP contribution is 2.27. The molecule has 1 atom stereocenters. The molecule has 0 saturated heterocycles. The third-order valence-corrected chi connectivity index (χ3v) is 4.67. The van der Waals surface area contributed by atoms with Gasteiger partial charge in [-0.05, 0) is 43.0 Å². The van der Waals surface area contributed by atoms with E-state index in [0.717, 1.165) is 30.5 Å². The van der Waals surface area contributed by atoms with E-state index in [4.69, 9.17) is 0 Å². The van der Waals surface area contributed by atoms with Gasteiger partial charge in [0.15, 0.2) is 0 Å². The number of pyridine rings is 2. The predicted molar refractivity (Wildman–Crippen MR) is 94.8 cm³/mol. The second-order valence-electron chi connectivity index (χ2n) is 6.25. The number of benzene rings is 1. The number of aryl methyl sites for hydroxylation is 1. The van der Waals surface area contributed by atoms with Crippen LogP contribution in [-0.4, -0.2) is 15.9 Å². The van der Waals surface area contributed by atoms with Crippen molar-refractivity contribution in [2.24, 2.45) is 0 Å². The summed E-state index contributed by atoms with van der Waals surface area (Å²) in [6.45, 7) is 0. The Bertz CT molecular complexity index is 1080. The molecule has 1 aliphatic rings. The fourth-order valence-electron chi connectivity index (χ4n) is 3.42. The molecule has 25 heavy (non-hydrogen) atoms. The summed E-state index contributed by atoms with van der Waals surface area (Å²) in [4.78, 5) is 42.5. The van der Waals surface area contributed by atoms with Gasteiger partial charge in [0, 0.05) is 28.9 Å². The molecule has 6 heteroatoms. The van der Waals surface area contributed by atoms with Crippen molar-refractivity contribution in [2.45, 2.75) is 25.3 Å². The Morgan fingerprint density at radius 1 is 1.12 bits per heavy atom. The molecule has 0 unspecified atom stereocenters. The van der Waals surface area contributed by atoms with Crippen molar-refractivity contribution in [2.75, 3.05) is 0 Å². The molecule has 1 aliphatic carbocycles. The Kier molecular flexibility index (Phi) is 3.72. The van der Waals surface area contributed by atoms with Crippen LogP contribution in [0.1, 0.15) is 40.5 Å². The highest BCUT2D eigenvalue weighted by Gasteiger charge is 2.24. The smallest absolute Gasteiger partial charge is 0.257 e. The van der Waals surface area contributed by atoms with Crippen LogP contribution >= 0.6 is 0 Å². The number of hydrogen-bond donors (Lipinski definition) is 3. The number of carbonyl (C=O) groups excluding carboxylic acids is 1. The SMILES string of the molecule is O=C(N[C@H]1CCCc2[nH]c(=O)ccc21)c1c[nH]c2ccccc2c1=O. The first-order chi connectivity index (χ1) is 12.1. The number of amides is 1. The van der Waals surface area contributed by atoms with Gasteiger partial charge in [0.2, 0.25) is 11.0 Å². The van der Waals surface area contributed by atoms with Gasteiger partial charge >= 0.3 is 0 Å². The molecule has 0 spiro atoms. The molecule has 0 fully saturated rings. The largest absolute Gasteiger partial charge is 0.360 e. The van der Waals surface area contributed by atoms with Crippen LogP contribution < -0.4 is 16.3 Å². The molecule has 2 heterocycles. The van der Waals surface area contributed by atoms with Crippen molar-refractivity contribution in [1.29, 1.82) is 0 Å². The molecule has 0 radical (unpaired) electrons. The van der Waals surface area contributed by atoms with Gasteiger partial charge in [-0.2, -0.15) is 0 Å². The van der Waals surface area contributed by atoms with Crippen molar-refractivity contribution in [3.63, 3.8) is 0 Å². The van der Waals surface area contributed by atoms with E-state index in [-0.39, 0.29) is 22.6 Å². The molecular weight excluding hydrogens is 318 g/mol. The second-order valence-corrected chi connectivity index (χ2v) is 6.25. The minimum atomic E-state index is -0.406. The zero-order valence-electron chi connectivity index (χ0n) is 13.5. The fraction of sp³-hybridized carbons (Fsp3) is 0.211.